The number of ether oxygens (including phenoxy) is 1. The normalized spacial score (nSPS) is 12.5. The maximum atomic E-state index is 12.6. The van der Waals surface area contributed by atoms with Gasteiger partial charge >= 0.3 is 144 Å². The fraction of sp³-hybridized carbons (Fsp3) is 0.222. The van der Waals surface area contributed by atoms with E-state index < -0.39 is 5.97 Å². The van der Waals surface area contributed by atoms with Crippen LogP contribution < -0.4 is 0 Å². The second kappa shape index (κ2) is 10.7. The molecule has 2 aromatic rings. The van der Waals surface area contributed by atoms with E-state index in [0.29, 0.717) is 0 Å². The van der Waals surface area contributed by atoms with Crippen LogP contribution in [0, 0.1) is 0 Å². The third kappa shape index (κ3) is 6.83. The number of methoxy groups -OCH3 is 1. The van der Waals surface area contributed by atoms with Gasteiger partial charge in [0.25, 0.3) is 5.97 Å². The number of carboxylic acid groups (broad SMARTS) is 1. The summed E-state index contributed by atoms with van der Waals surface area (Å²) in [5.41, 5.74) is 1.83. The number of halogens is 1. The fourth-order valence-corrected chi connectivity index (χ4v) is 5.13. The first-order valence-electron chi connectivity index (χ1n) is 7.27. The second-order valence-electron chi connectivity index (χ2n) is 5.06. The molecule has 2 unspecified atom stereocenters. The molecule has 2 rings (SSSR count). The van der Waals surface area contributed by atoms with Crippen molar-refractivity contribution in [2.45, 2.75) is 16.5 Å². The van der Waals surface area contributed by atoms with Gasteiger partial charge in [-0.05, 0) is 0 Å². The zero-order valence-corrected chi connectivity index (χ0v) is 20.7. The molecule has 0 radical (unpaired) electrons. The van der Waals surface area contributed by atoms with E-state index in [1.807, 2.05) is 54.6 Å². The molecule has 0 amide bonds. The molecule has 24 heavy (non-hydrogen) atoms. The molecule has 0 bridgehead atoms. The first kappa shape index (κ1) is 21.0. The van der Waals surface area contributed by atoms with Gasteiger partial charge in [-0.25, -0.2) is 0 Å². The Morgan fingerprint density at radius 1 is 1.08 bits per heavy atom. The molecule has 0 saturated carbocycles. The Bertz CT molecular complexity index is 654. The summed E-state index contributed by atoms with van der Waals surface area (Å²) in [5.74, 6) is -0.656. The van der Waals surface area contributed by atoms with E-state index >= 15 is 0 Å². The van der Waals surface area contributed by atoms with Crippen molar-refractivity contribution in [3.8, 4) is 0 Å². The van der Waals surface area contributed by atoms with Crippen molar-refractivity contribution >= 4 is 27.7 Å². The van der Waals surface area contributed by atoms with Gasteiger partial charge < -0.3 is 5.11 Å². The second-order valence-corrected chi connectivity index (χ2v) is 9.40. The van der Waals surface area contributed by atoms with Crippen LogP contribution in [0.25, 0.3) is 0 Å². The predicted molar refractivity (Wildman–Crippen MR) is 91.7 cm³/mol. The van der Waals surface area contributed by atoms with Gasteiger partial charge in [0.05, 0.1) is 0 Å². The summed E-state index contributed by atoms with van der Waals surface area (Å²) in [6.07, 6.45) is -0.143. The van der Waals surface area contributed by atoms with E-state index in [4.69, 9.17) is 14.6 Å². The van der Waals surface area contributed by atoms with Gasteiger partial charge in [-0.15, -0.1) is 0 Å². The average Bonchev–Trinajstić information content (AvgIpc) is 2.56. The van der Waals surface area contributed by atoms with Crippen LogP contribution in [0.4, 0.5) is 0 Å². The minimum absolute atomic E-state index is 0.0384. The van der Waals surface area contributed by atoms with Crippen LogP contribution in [0.5, 0.6) is 0 Å². The molecule has 0 aromatic heterocycles. The zero-order chi connectivity index (χ0) is 18.1. The van der Waals surface area contributed by atoms with Crippen molar-refractivity contribution < 1.29 is 45.6 Å². The van der Waals surface area contributed by atoms with Crippen LogP contribution in [0.2, 0.25) is 3.43 Å². The Hall–Kier alpha value is -1.04. The summed E-state index contributed by atoms with van der Waals surface area (Å²) in [7, 11) is 1.67. The van der Waals surface area contributed by atoms with Crippen LogP contribution in [0.1, 0.15) is 28.9 Å². The Kier molecular flexibility index (Phi) is 9.40. The van der Waals surface area contributed by atoms with Gasteiger partial charge in [0.1, 0.15) is 0 Å². The van der Waals surface area contributed by atoms with E-state index in [-0.39, 0.29) is 41.4 Å². The number of benzene rings is 2. The summed E-state index contributed by atoms with van der Waals surface area (Å²) >= 11 is 3.67. The summed E-state index contributed by atoms with van der Waals surface area (Å²) in [6.45, 7) is 1.08. The van der Waals surface area contributed by atoms with E-state index in [0.717, 1.165) is 22.5 Å². The van der Waals surface area contributed by atoms with Crippen LogP contribution in [0.15, 0.2) is 59.1 Å². The molecule has 2 atom stereocenters. The van der Waals surface area contributed by atoms with Gasteiger partial charge in [-0.2, -0.15) is 0 Å². The van der Waals surface area contributed by atoms with E-state index in [2.05, 4.69) is 15.9 Å². The molecule has 1 N–H and O–H groups in total. The van der Waals surface area contributed by atoms with E-state index in [9.17, 15) is 4.79 Å². The number of carboxylic acids is 1. The third-order valence-corrected chi connectivity index (χ3v) is 6.85. The number of hydrogen-bond donors (Lipinski definition) is 1. The number of ketones is 1. The molecular formula is C18H18BrHgO4. The zero-order valence-electron chi connectivity index (χ0n) is 13.6. The Labute approximate surface area is 166 Å². The number of hydrogen-bond acceptors (Lipinski definition) is 3. The van der Waals surface area contributed by atoms with Crippen molar-refractivity contribution in [2.75, 3.05) is 7.11 Å². The predicted octanol–water partition coefficient (Wildman–Crippen LogP) is 4.45. The van der Waals surface area contributed by atoms with Crippen molar-refractivity contribution in [1.29, 1.82) is 0 Å². The summed E-state index contributed by atoms with van der Waals surface area (Å²) in [4.78, 5) is 21.6. The van der Waals surface area contributed by atoms with Crippen molar-refractivity contribution in [1.82, 2.24) is 0 Å². The number of carbonyl (C=O) groups excluding carboxylic acids is 1. The Morgan fingerprint density at radius 2 is 1.58 bits per heavy atom. The number of aliphatic carboxylic acids is 1. The molecule has 0 heterocycles. The van der Waals surface area contributed by atoms with Gasteiger partial charge in [0.2, 0.25) is 0 Å². The summed E-state index contributed by atoms with van der Waals surface area (Å²) in [5, 5.41) is 7.42. The number of carbonyl (C=O) groups is 2. The van der Waals surface area contributed by atoms with Gasteiger partial charge in [0, 0.05) is 6.92 Å². The fourth-order valence-electron chi connectivity index (χ4n) is 2.14. The number of Topliss-reactive ketones (excluding diaryl/α,β-unsaturated/α-hetero) is 1. The molecule has 0 spiro atoms. The molecule has 123 valence electrons. The Morgan fingerprint density at radius 3 is 2.04 bits per heavy atom. The molecule has 0 aliphatic heterocycles. The quantitative estimate of drug-likeness (QED) is 0.421. The van der Waals surface area contributed by atoms with Crippen LogP contribution in [-0.2, 0) is 35.7 Å². The molecule has 2 aromatic carbocycles. The van der Waals surface area contributed by atoms with Crippen molar-refractivity contribution in [3.05, 3.63) is 70.2 Å². The molecule has 0 aliphatic carbocycles. The van der Waals surface area contributed by atoms with Crippen molar-refractivity contribution in [2.24, 2.45) is 0 Å². The van der Waals surface area contributed by atoms with Gasteiger partial charge in [-0.1, -0.05) is 0 Å². The topological polar surface area (TPSA) is 63.6 Å². The minimum atomic E-state index is -0.833. The van der Waals surface area contributed by atoms with Gasteiger partial charge in [0.15, 0.2) is 0 Å². The maximum absolute atomic E-state index is 12.6. The molecular weight excluding hydrogens is 561 g/mol. The standard InChI is InChI=1S/C16H14BrO2.C2H4O2.Hg/c1-19-16(13-5-3-2-4-6-13)11-15(18)12-7-9-14(17)10-8-12;1-2(3)4;/h2-11,16H,1H3;1H3,(H,3,4);. The van der Waals surface area contributed by atoms with Crippen molar-refractivity contribution in [3.63, 3.8) is 0 Å². The first-order valence-corrected chi connectivity index (χ1v) is 11.2. The molecule has 0 saturated heterocycles. The van der Waals surface area contributed by atoms with Crippen LogP contribution >= 0.6 is 15.9 Å². The number of rotatable bonds is 5. The first-order chi connectivity index (χ1) is 11.4. The summed E-state index contributed by atoms with van der Waals surface area (Å²) in [6, 6.07) is 17.5. The molecule has 4 nitrogen and oxygen atoms in total. The summed E-state index contributed by atoms with van der Waals surface area (Å²) < 4.78 is 6.53. The van der Waals surface area contributed by atoms with Crippen LogP contribution in [-0.4, -0.2) is 24.0 Å². The third-order valence-electron chi connectivity index (χ3n) is 3.21. The SMILES string of the molecule is CC(=O)O.COC(c1ccccc1)[CH]([Hg])C(=O)c1ccc(Br)cc1. The average molecular weight is 579 g/mol. The monoisotopic (exact) mass is 579 g/mol. The molecule has 0 fully saturated rings. The van der Waals surface area contributed by atoms with Gasteiger partial charge in [-0.3, -0.25) is 4.79 Å². The molecule has 6 heteroatoms. The van der Waals surface area contributed by atoms with E-state index in [1.54, 1.807) is 7.11 Å². The van der Waals surface area contributed by atoms with E-state index in [1.165, 1.54) is 0 Å². The molecule has 0 aliphatic rings. The van der Waals surface area contributed by atoms with Crippen LogP contribution in [0.3, 0.4) is 0 Å². The Balaban J connectivity index is 0.000000648.